The van der Waals surface area contributed by atoms with Gasteiger partial charge in [-0.05, 0) is 61.8 Å². The van der Waals surface area contributed by atoms with Crippen LogP contribution in [0.15, 0.2) is 48.5 Å². The molecule has 2 aromatic rings. The van der Waals surface area contributed by atoms with Crippen molar-refractivity contribution in [3.63, 3.8) is 0 Å². The average Bonchev–Trinajstić information content (AvgIpc) is 2.71. The van der Waals surface area contributed by atoms with Crippen LogP contribution in [0.1, 0.15) is 97.9 Å². The van der Waals surface area contributed by atoms with Crippen molar-refractivity contribution in [2.45, 2.75) is 103 Å². The lowest BCUT2D eigenvalue weighted by molar-refractivity contribution is -0.0306. The second kappa shape index (κ2) is 10.6. The second-order valence-electron chi connectivity index (χ2n) is 12.2. The van der Waals surface area contributed by atoms with E-state index in [2.05, 4.69) is 127 Å². The Morgan fingerprint density at radius 3 is 1.55 bits per heavy atom. The van der Waals surface area contributed by atoms with Crippen LogP contribution in [0.2, 0.25) is 0 Å². The van der Waals surface area contributed by atoms with Crippen molar-refractivity contribution in [3.8, 4) is 0 Å². The highest BCUT2D eigenvalue weighted by Crippen LogP contribution is 2.35. The smallest absolute Gasteiger partial charge is 0.0875 e. The fraction of sp³-hybridized carbons (Fsp3) is 0.600. The summed E-state index contributed by atoms with van der Waals surface area (Å²) in [5.41, 5.74) is 5.00. The molecule has 0 aromatic heterocycles. The molecule has 0 fully saturated rings. The van der Waals surface area contributed by atoms with E-state index in [1.807, 2.05) is 0 Å². The molecule has 0 heterocycles. The zero-order valence-corrected chi connectivity index (χ0v) is 23.9. The first-order chi connectivity index (χ1) is 15.0. The van der Waals surface area contributed by atoms with Crippen molar-refractivity contribution in [1.82, 2.24) is 0 Å². The summed E-state index contributed by atoms with van der Waals surface area (Å²) in [5.74, 6) is 0. The first-order valence-corrected chi connectivity index (χ1v) is 12.9. The highest BCUT2D eigenvalue weighted by molar-refractivity contribution is 7.18. The van der Waals surface area contributed by atoms with Gasteiger partial charge in [0, 0.05) is 17.2 Å². The Labute approximate surface area is 206 Å². The Hall–Kier alpha value is -1.21. The van der Waals surface area contributed by atoms with Crippen LogP contribution >= 0.6 is 9.24 Å². The lowest BCUT2D eigenvalue weighted by atomic mass is 9.76. The Morgan fingerprint density at radius 1 is 0.697 bits per heavy atom. The topological polar surface area (TPSA) is 18.5 Å². The van der Waals surface area contributed by atoms with Crippen LogP contribution in [0.3, 0.4) is 0 Å². The summed E-state index contributed by atoms with van der Waals surface area (Å²) >= 11 is 0. The minimum atomic E-state index is -0.337. The van der Waals surface area contributed by atoms with Gasteiger partial charge in [-0.25, -0.2) is 0 Å². The molecule has 2 unspecified atom stereocenters. The van der Waals surface area contributed by atoms with Crippen LogP contribution in [0.4, 0.5) is 0 Å². The average molecular weight is 471 g/mol. The van der Waals surface area contributed by atoms with E-state index < -0.39 is 0 Å². The van der Waals surface area contributed by atoms with E-state index >= 15 is 0 Å². The molecule has 0 aliphatic heterocycles. The number of hydrogen-bond donors (Lipinski definition) is 0. The number of rotatable bonds is 10. The molecule has 0 saturated carbocycles. The lowest BCUT2D eigenvalue weighted by Crippen LogP contribution is -2.30. The van der Waals surface area contributed by atoms with Crippen molar-refractivity contribution < 1.29 is 9.47 Å². The number of hydrogen-bond acceptors (Lipinski definition) is 2. The van der Waals surface area contributed by atoms with Gasteiger partial charge in [0.05, 0.1) is 18.3 Å². The van der Waals surface area contributed by atoms with Gasteiger partial charge >= 0.3 is 0 Å². The van der Waals surface area contributed by atoms with Gasteiger partial charge < -0.3 is 9.47 Å². The molecule has 3 heteroatoms. The Balaban J connectivity index is 2.06. The van der Waals surface area contributed by atoms with Crippen molar-refractivity contribution in [2.24, 2.45) is 0 Å². The highest BCUT2D eigenvalue weighted by Gasteiger charge is 2.27. The summed E-state index contributed by atoms with van der Waals surface area (Å²) in [5, 5.41) is 0.0246. The molecule has 0 aliphatic carbocycles. The summed E-state index contributed by atoms with van der Waals surface area (Å²) in [4.78, 5) is 0. The first-order valence-electron chi connectivity index (χ1n) is 12.3. The van der Waals surface area contributed by atoms with E-state index in [-0.39, 0.29) is 27.7 Å². The van der Waals surface area contributed by atoms with Gasteiger partial charge in [0.15, 0.2) is 0 Å². The van der Waals surface area contributed by atoms with Crippen molar-refractivity contribution >= 4 is 9.24 Å². The zero-order valence-electron chi connectivity index (χ0n) is 22.7. The predicted octanol–water partition coefficient (Wildman–Crippen LogP) is 8.01. The SMILES string of the molecule is CC(C)OCC(C)(P)CCOC(C)(C)c1ccc(C(C)(C)c2ccc(C(C)(C)C)cc2)cc1. The summed E-state index contributed by atoms with van der Waals surface area (Å²) in [6.45, 7) is 23.5. The molecule has 0 spiro atoms. The van der Waals surface area contributed by atoms with Crippen LogP contribution in [0.25, 0.3) is 0 Å². The molecule has 184 valence electrons. The molecule has 33 heavy (non-hydrogen) atoms. The molecule has 0 bridgehead atoms. The molecule has 0 N–H and O–H groups in total. The molecule has 0 amide bonds. The summed E-state index contributed by atoms with van der Waals surface area (Å²) < 4.78 is 12.1. The molecule has 2 aromatic carbocycles. The van der Waals surface area contributed by atoms with Crippen molar-refractivity contribution in [1.29, 1.82) is 0 Å². The van der Waals surface area contributed by atoms with Gasteiger partial charge in [-0.3, -0.25) is 0 Å². The predicted molar refractivity (Wildman–Crippen MR) is 147 cm³/mol. The molecule has 2 rings (SSSR count). The number of ether oxygens (including phenoxy) is 2. The van der Waals surface area contributed by atoms with E-state index in [1.165, 1.54) is 22.3 Å². The third-order valence-electron chi connectivity index (χ3n) is 6.66. The van der Waals surface area contributed by atoms with E-state index in [9.17, 15) is 0 Å². The third kappa shape index (κ3) is 7.91. The first kappa shape index (κ1) is 28.0. The Kier molecular flexibility index (Phi) is 9.00. The molecule has 2 atom stereocenters. The Morgan fingerprint density at radius 2 is 1.12 bits per heavy atom. The van der Waals surface area contributed by atoms with E-state index in [0.717, 1.165) is 13.0 Å². The van der Waals surface area contributed by atoms with E-state index in [4.69, 9.17) is 9.47 Å². The fourth-order valence-corrected chi connectivity index (χ4v) is 4.11. The minimum Gasteiger partial charge on any atom is -0.378 e. The van der Waals surface area contributed by atoms with Crippen molar-refractivity contribution in [2.75, 3.05) is 13.2 Å². The van der Waals surface area contributed by atoms with Gasteiger partial charge in [-0.15, -0.1) is 9.24 Å². The maximum atomic E-state index is 6.34. The van der Waals surface area contributed by atoms with Gasteiger partial charge in [-0.2, -0.15) is 0 Å². The summed E-state index contributed by atoms with van der Waals surface area (Å²) in [6.07, 6.45) is 1.19. The molecule has 2 nitrogen and oxygen atoms in total. The van der Waals surface area contributed by atoms with Crippen LogP contribution in [-0.2, 0) is 25.9 Å². The quantitative estimate of drug-likeness (QED) is 0.327. The van der Waals surface area contributed by atoms with E-state index in [1.54, 1.807) is 0 Å². The monoisotopic (exact) mass is 470 g/mol. The maximum absolute atomic E-state index is 6.34. The van der Waals surface area contributed by atoms with E-state index in [0.29, 0.717) is 6.61 Å². The second-order valence-corrected chi connectivity index (χ2v) is 13.5. The van der Waals surface area contributed by atoms with Gasteiger partial charge in [0.1, 0.15) is 0 Å². The van der Waals surface area contributed by atoms with Gasteiger partial charge in [-0.1, -0.05) is 90.1 Å². The third-order valence-corrected chi connectivity index (χ3v) is 7.11. The van der Waals surface area contributed by atoms with Crippen LogP contribution in [0, 0.1) is 0 Å². The molecular weight excluding hydrogens is 423 g/mol. The molecule has 0 aliphatic rings. The van der Waals surface area contributed by atoms with Crippen LogP contribution in [-0.4, -0.2) is 24.5 Å². The molecule has 0 radical (unpaired) electrons. The minimum absolute atomic E-state index is 0.0246. The largest absolute Gasteiger partial charge is 0.378 e. The number of benzene rings is 2. The fourth-order valence-electron chi connectivity index (χ4n) is 3.89. The normalized spacial score (nSPS) is 15.0. The summed E-state index contributed by atoms with van der Waals surface area (Å²) in [6, 6.07) is 18.1. The van der Waals surface area contributed by atoms with Crippen LogP contribution < -0.4 is 0 Å². The van der Waals surface area contributed by atoms with Crippen LogP contribution in [0.5, 0.6) is 0 Å². The Bertz CT molecular complexity index is 869. The highest BCUT2D eigenvalue weighted by atomic mass is 31.0. The summed E-state index contributed by atoms with van der Waals surface area (Å²) in [7, 11) is 2.94. The standard InChI is InChI=1S/C30H47O2P/c1-22(2)31-21-30(10,33)19-20-32-29(8,9)26-17-15-25(16-18-26)28(6,7)24-13-11-23(12-14-24)27(3,4)5/h11-18,22H,19-21,33H2,1-10H3. The van der Waals surface area contributed by atoms with Gasteiger partial charge in [0.2, 0.25) is 0 Å². The zero-order chi connectivity index (χ0) is 25.1. The molecular formula is C30H47O2P. The maximum Gasteiger partial charge on any atom is 0.0875 e. The van der Waals surface area contributed by atoms with Gasteiger partial charge in [0.25, 0.3) is 0 Å². The lowest BCUT2D eigenvalue weighted by Gasteiger charge is -2.31. The molecule has 0 saturated heterocycles. The van der Waals surface area contributed by atoms with Crippen molar-refractivity contribution in [3.05, 3.63) is 70.8 Å².